The molecule has 0 aromatic heterocycles. The Bertz CT molecular complexity index is 552. The van der Waals surface area contributed by atoms with Crippen LogP contribution in [-0.2, 0) is 11.3 Å². The van der Waals surface area contributed by atoms with Crippen molar-refractivity contribution in [1.29, 1.82) is 0 Å². The third kappa shape index (κ3) is 4.83. The van der Waals surface area contributed by atoms with E-state index in [4.69, 9.17) is 21.7 Å². The topological polar surface area (TPSA) is 28.2 Å². The van der Waals surface area contributed by atoms with Gasteiger partial charge in [-0.05, 0) is 6.07 Å². The molecule has 2 fully saturated rings. The molecule has 0 amide bonds. The Hall–Kier alpha value is -0.860. The highest BCUT2D eigenvalue weighted by molar-refractivity contribution is 8.22. The second kappa shape index (κ2) is 9.01. The van der Waals surface area contributed by atoms with Gasteiger partial charge in [0, 0.05) is 38.3 Å². The van der Waals surface area contributed by atoms with E-state index >= 15 is 0 Å². The molecular formula is C17H25N3O2S2. The maximum atomic E-state index is 5.56. The molecule has 5 nitrogen and oxygen atoms in total. The minimum atomic E-state index is 0.796. The van der Waals surface area contributed by atoms with E-state index in [2.05, 4.69) is 20.8 Å². The molecule has 2 heterocycles. The van der Waals surface area contributed by atoms with Crippen molar-refractivity contribution in [2.75, 3.05) is 59.0 Å². The molecule has 1 aromatic carbocycles. The molecule has 24 heavy (non-hydrogen) atoms. The van der Waals surface area contributed by atoms with Crippen molar-refractivity contribution in [3.8, 4) is 5.75 Å². The highest BCUT2D eigenvalue weighted by Crippen LogP contribution is 2.24. The third-order valence-electron chi connectivity index (χ3n) is 4.39. The standard InChI is InChI=1S/C17H25N3O2S2/c1-21-16-5-3-2-4-15(16)12-20-13-19(14-24-17(20)23)7-6-18-8-10-22-11-9-18/h2-5H,6-14H2,1H3. The molecule has 0 unspecified atom stereocenters. The number of benzene rings is 1. The van der Waals surface area contributed by atoms with Crippen molar-refractivity contribution in [2.45, 2.75) is 6.54 Å². The Balaban J connectivity index is 1.54. The van der Waals surface area contributed by atoms with Gasteiger partial charge in [-0.1, -0.05) is 42.2 Å². The number of thioether (sulfide) groups is 1. The highest BCUT2D eigenvalue weighted by Gasteiger charge is 2.23. The van der Waals surface area contributed by atoms with Gasteiger partial charge in [0.2, 0.25) is 0 Å². The van der Waals surface area contributed by atoms with Gasteiger partial charge in [-0.25, -0.2) is 0 Å². The Morgan fingerprint density at radius 2 is 1.92 bits per heavy atom. The molecular weight excluding hydrogens is 342 g/mol. The minimum absolute atomic E-state index is 0.796. The van der Waals surface area contributed by atoms with Crippen molar-refractivity contribution in [3.05, 3.63) is 29.8 Å². The maximum Gasteiger partial charge on any atom is 0.138 e. The second-order valence-corrected chi connectivity index (χ2v) is 7.62. The van der Waals surface area contributed by atoms with Gasteiger partial charge in [0.05, 0.1) is 32.9 Å². The van der Waals surface area contributed by atoms with Crippen LogP contribution in [0.5, 0.6) is 5.75 Å². The Labute approximate surface area is 153 Å². The molecule has 0 saturated carbocycles. The van der Waals surface area contributed by atoms with Crippen LogP contribution in [0.25, 0.3) is 0 Å². The number of morpholine rings is 1. The molecule has 7 heteroatoms. The lowest BCUT2D eigenvalue weighted by molar-refractivity contribution is 0.0324. The summed E-state index contributed by atoms with van der Waals surface area (Å²) in [7, 11) is 1.72. The van der Waals surface area contributed by atoms with Crippen LogP contribution in [-0.4, -0.2) is 78.1 Å². The van der Waals surface area contributed by atoms with E-state index in [9.17, 15) is 0 Å². The lowest BCUT2D eigenvalue weighted by Crippen LogP contribution is -2.48. The molecule has 2 aliphatic rings. The van der Waals surface area contributed by atoms with Crippen LogP contribution in [0, 0.1) is 0 Å². The number of methoxy groups -OCH3 is 1. The van der Waals surface area contributed by atoms with Crippen molar-refractivity contribution in [1.82, 2.24) is 14.7 Å². The molecule has 1 aromatic rings. The Kier molecular flexibility index (Phi) is 6.74. The van der Waals surface area contributed by atoms with Gasteiger partial charge in [-0.3, -0.25) is 9.80 Å². The number of thiocarbonyl (C=S) groups is 1. The van der Waals surface area contributed by atoms with Crippen LogP contribution in [0.2, 0.25) is 0 Å². The molecule has 3 rings (SSSR count). The van der Waals surface area contributed by atoms with Crippen LogP contribution in [0.3, 0.4) is 0 Å². The first-order valence-electron chi connectivity index (χ1n) is 8.32. The van der Waals surface area contributed by atoms with E-state index in [1.54, 1.807) is 18.9 Å². The largest absolute Gasteiger partial charge is 0.496 e. The van der Waals surface area contributed by atoms with E-state index in [1.165, 1.54) is 5.56 Å². The lowest BCUT2D eigenvalue weighted by atomic mass is 10.2. The summed E-state index contributed by atoms with van der Waals surface area (Å²) in [6.07, 6.45) is 0. The SMILES string of the molecule is COc1ccccc1CN1CN(CCN2CCOCC2)CSC1=S. The number of para-hydroxylation sites is 1. The number of rotatable bonds is 6. The summed E-state index contributed by atoms with van der Waals surface area (Å²) in [5.74, 6) is 1.90. The molecule has 0 spiro atoms. The van der Waals surface area contributed by atoms with Gasteiger partial charge >= 0.3 is 0 Å². The second-order valence-electron chi connectivity index (χ2n) is 6.04. The average molecular weight is 368 g/mol. The van der Waals surface area contributed by atoms with Gasteiger partial charge < -0.3 is 14.4 Å². The van der Waals surface area contributed by atoms with Crippen LogP contribution < -0.4 is 4.74 Å². The Morgan fingerprint density at radius 1 is 1.17 bits per heavy atom. The molecule has 132 valence electrons. The number of hydrogen-bond donors (Lipinski definition) is 0. The van der Waals surface area contributed by atoms with Gasteiger partial charge in [0.15, 0.2) is 0 Å². The summed E-state index contributed by atoms with van der Waals surface area (Å²) in [5.41, 5.74) is 1.18. The fraction of sp³-hybridized carbons (Fsp3) is 0.588. The van der Waals surface area contributed by atoms with Gasteiger partial charge in [0.25, 0.3) is 0 Å². The molecule has 2 aliphatic heterocycles. The summed E-state index contributed by atoms with van der Waals surface area (Å²) in [5, 5.41) is 0. The zero-order chi connectivity index (χ0) is 16.8. The smallest absolute Gasteiger partial charge is 0.138 e. The summed E-state index contributed by atoms with van der Waals surface area (Å²) < 4.78 is 11.9. The zero-order valence-electron chi connectivity index (χ0n) is 14.1. The number of ether oxygens (including phenoxy) is 2. The fourth-order valence-corrected chi connectivity index (χ4v) is 4.06. The van der Waals surface area contributed by atoms with E-state index in [0.29, 0.717) is 0 Å². The molecule has 0 radical (unpaired) electrons. The van der Waals surface area contributed by atoms with E-state index in [1.807, 2.05) is 18.2 Å². The monoisotopic (exact) mass is 367 g/mol. The number of hydrogen-bond acceptors (Lipinski definition) is 6. The normalized spacial score (nSPS) is 20.4. The van der Waals surface area contributed by atoms with Crippen molar-refractivity contribution in [2.24, 2.45) is 0 Å². The zero-order valence-corrected chi connectivity index (χ0v) is 15.8. The van der Waals surface area contributed by atoms with Crippen LogP contribution in [0.4, 0.5) is 0 Å². The van der Waals surface area contributed by atoms with E-state index in [0.717, 1.165) is 68.6 Å². The van der Waals surface area contributed by atoms with Crippen LogP contribution >= 0.6 is 24.0 Å². The predicted molar refractivity (Wildman–Crippen MR) is 102 cm³/mol. The minimum Gasteiger partial charge on any atom is -0.496 e. The molecule has 0 N–H and O–H groups in total. The van der Waals surface area contributed by atoms with Crippen molar-refractivity contribution < 1.29 is 9.47 Å². The molecule has 2 saturated heterocycles. The van der Waals surface area contributed by atoms with Crippen LogP contribution in [0.15, 0.2) is 24.3 Å². The first-order chi connectivity index (χ1) is 11.8. The summed E-state index contributed by atoms with van der Waals surface area (Å²) >= 11 is 7.32. The summed E-state index contributed by atoms with van der Waals surface area (Å²) in [4.78, 5) is 7.21. The maximum absolute atomic E-state index is 5.56. The first-order valence-corrected chi connectivity index (χ1v) is 9.71. The molecule has 0 atom stereocenters. The van der Waals surface area contributed by atoms with Crippen LogP contribution in [0.1, 0.15) is 5.56 Å². The fourth-order valence-electron chi connectivity index (χ4n) is 2.97. The third-order valence-corrected chi connectivity index (χ3v) is 6.00. The molecule has 0 aliphatic carbocycles. The average Bonchev–Trinajstić information content (AvgIpc) is 2.63. The predicted octanol–water partition coefficient (Wildman–Crippen LogP) is 2.08. The number of nitrogens with zero attached hydrogens (tertiary/aromatic N) is 3. The van der Waals surface area contributed by atoms with Crippen molar-refractivity contribution >= 4 is 28.3 Å². The quantitative estimate of drug-likeness (QED) is 0.711. The first kappa shape index (κ1) is 17.9. The lowest BCUT2D eigenvalue weighted by Gasteiger charge is -2.38. The van der Waals surface area contributed by atoms with Gasteiger partial charge in [-0.2, -0.15) is 0 Å². The molecule has 0 bridgehead atoms. The van der Waals surface area contributed by atoms with Gasteiger partial charge in [-0.15, -0.1) is 0 Å². The summed E-state index contributed by atoms with van der Waals surface area (Å²) in [6, 6.07) is 8.17. The van der Waals surface area contributed by atoms with Gasteiger partial charge in [0.1, 0.15) is 10.1 Å². The highest BCUT2D eigenvalue weighted by atomic mass is 32.2. The summed E-state index contributed by atoms with van der Waals surface area (Å²) in [6.45, 7) is 7.65. The Morgan fingerprint density at radius 3 is 2.71 bits per heavy atom. The van der Waals surface area contributed by atoms with Crippen molar-refractivity contribution in [3.63, 3.8) is 0 Å². The van der Waals surface area contributed by atoms with E-state index in [-0.39, 0.29) is 0 Å². The van der Waals surface area contributed by atoms with E-state index < -0.39 is 0 Å².